The molecule has 5 rings (SSSR count). The molecule has 1 aliphatic heterocycles. The van der Waals surface area contributed by atoms with E-state index in [1.807, 2.05) is 42.5 Å². The van der Waals surface area contributed by atoms with Crippen LogP contribution in [0.25, 0.3) is 28.2 Å². The van der Waals surface area contributed by atoms with Crippen molar-refractivity contribution in [3.05, 3.63) is 95.1 Å². The summed E-state index contributed by atoms with van der Waals surface area (Å²) in [7, 11) is 0. The van der Waals surface area contributed by atoms with Crippen molar-refractivity contribution in [1.82, 2.24) is 4.90 Å². The Labute approximate surface area is 204 Å². The van der Waals surface area contributed by atoms with Crippen LogP contribution in [0, 0.1) is 0 Å². The zero-order chi connectivity index (χ0) is 24.4. The third kappa shape index (κ3) is 4.69. The van der Waals surface area contributed by atoms with Gasteiger partial charge in [0.2, 0.25) is 0 Å². The summed E-state index contributed by atoms with van der Waals surface area (Å²) in [6.07, 6.45) is 1.53. The van der Waals surface area contributed by atoms with Crippen LogP contribution in [-0.4, -0.2) is 40.3 Å². The van der Waals surface area contributed by atoms with Gasteiger partial charge in [-0.3, -0.25) is 14.5 Å². The molecule has 1 fully saturated rings. The highest BCUT2D eigenvalue weighted by atomic mass is 32.2. The molecule has 0 aliphatic carbocycles. The predicted octanol–water partition coefficient (Wildman–Crippen LogP) is 5.91. The number of furan rings is 1. The topological polar surface area (TPSA) is 97.0 Å². The fourth-order valence-electron chi connectivity index (χ4n) is 3.75. The van der Waals surface area contributed by atoms with Crippen LogP contribution in [0.3, 0.4) is 0 Å². The Morgan fingerprint density at radius 2 is 1.74 bits per heavy atom. The number of imide groups is 1. The van der Waals surface area contributed by atoms with E-state index in [2.05, 4.69) is 0 Å². The number of aromatic carboxylic acids is 1. The second-order valence-electron chi connectivity index (χ2n) is 7.74. The van der Waals surface area contributed by atoms with E-state index in [9.17, 15) is 14.4 Å². The summed E-state index contributed by atoms with van der Waals surface area (Å²) in [4.78, 5) is 37.7. The number of carbonyl (C=O) groups is 3. The standard InChI is InChI=1S/C27H19NO6S/c29-25-24(16-20-12-13-22(34-20)18-8-10-19(11-9-18)26(30)31)35-27(32)28(25)14-15-33-23-7-3-5-17-4-1-2-6-21(17)23/h1-13,16H,14-15H2,(H,30,31)/b24-16-. The average molecular weight is 486 g/mol. The Morgan fingerprint density at radius 1 is 0.971 bits per heavy atom. The van der Waals surface area contributed by atoms with Crippen LogP contribution >= 0.6 is 11.8 Å². The Morgan fingerprint density at radius 3 is 2.54 bits per heavy atom. The van der Waals surface area contributed by atoms with Crippen LogP contribution in [0.15, 0.2) is 88.2 Å². The van der Waals surface area contributed by atoms with Gasteiger partial charge in [-0.25, -0.2) is 4.79 Å². The molecule has 0 saturated carbocycles. The van der Waals surface area contributed by atoms with Crippen LogP contribution < -0.4 is 4.74 Å². The summed E-state index contributed by atoms with van der Waals surface area (Å²) >= 11 is 0.853. The van der Waals surface area contributed by atoms with Gasteiger partial charge in [0.1, 0.15) is 23.9 Å². The maximum atomic E-state index is 12.8. The van der Waals surface area contributed by atoms with E-state index in [4.69, 9.17) is 14.3 Å². The maximum absolute atomic E-state index is 12.8. The van der Waals surface area contributed by atoms with Crippen molar-refractivity contribution in [1.29, 1.82) is 0 Å². The van der Waals surface area contributed by atoms with Gasteiger partial charge in [-0.05, 0) is 47.5 Å². The lowest BCUT2D eigenvalue weighted by molar-refractivity contribution is -0.123. The molecule has 0 bridgehead atoms. The molecule has 1 saturated heterocycles. The van der Waals surface area contributed by atoms with Crippen molar-refractivity contribution in [2.24, 2.45) is 0 Å². The fourth-order valence-corrected chi connectivity index (χ4v) is 4.60. The van der Waals surface area contributed by atoms with E-state index >= 15 is 0 Å². The molecule has 0 atom stereocenters. The van der Waals surface area contributed by atoms with E-state index in [1.165, 1.54) is 18.2 Å². The summed E-state index contributed by atoms with van der Waals surface area (Å²) in [5.74, 6) is 0.237. The molecule has 174 valence electrons. The van der Waals surface area contributed by atoms with Gasteiger partial charge < -0.3 is 14.3 Å². The molecule has 0 radical (unpaired) electrons. The third-order valence-corrected chi connectivity index (χ3v) is 6.42. The van der Waals surface area contributed by atoms with Crippen molar-refractivity contribution >= 4 is 45.7 Å². The van der Waals surface area contributed by atoms with Crippen LogP contribution in [0.2, 0.25) is 0 Å². The number of carboxylic acid groups (broad SMARTS) is 1. The first kappa shape index (κ1) is 22.5. The first-order valence-electron chi connectivity index (χ1n) is 10.8. The highest BCUT2D eigenvalue weighted by Crippen LogP contribution is 2.33. The molecule has 7 nitrogen and oxygen atoms in total. The van der Waals surface area contributed by atoms with E-state index in [0.717, 1.165) is 27.4 Å². The Hall–Kier alpha value is -4.30. The van der Waals surface area contributed by atoms with E-state index < -0.39 is 11.9 Å². The molecule has 2 amide bonds. The van der Waals surface area contributed by atoms with Gasteiger partial charge in [-0.2, -0.15) is 0 Å². The van der Waals surface area contributed by atoms with Gasteiger partial charge >= 0.3 is 5.97 Å². The Balaban J connectivity index is 1.25. The molecular weight excluding hydrogens is 466 g/mol. The molecule has 2 heterocycles. The third-order valence-electron chi connectivity index (χ3n) is 5.51. The minimum atomic E-state index is -1.00. The van der Waals surface area contributed by atoms with E-state index in [-0.39, 0.29) is 28.9 Å². The van der Waals surface area contributed by atoms with Crippen molar-refractivity contribution in [2.45, 2.75) is 0 Å². The van der Waals surface area contributed by atoms with Gasteiger partial charge in [0.25, 0.3) is 11.1 Å². The van der Waals surface area contributed by atoms with Crippen LogP contribution in [0.1, 0.15) is 16.1 Å². The minimum Gasteiger partial charge on any atom is -0.491 e. The first-order chi connectivity index (χ1) is 17.0. The molecule has 1 aromatic heterocycles. The van der Waals surface area contributed by atoms with Crippen LogP contribution in [0.5, 0.6) is 5.75 Å². The number of amides is 2. The number of rotatable bonds is 7. The zero-order valence-electron chi connectivity index (χ0n) is 18.3. The van der Waals surface area contributed by atoms with Crippen LogP contribution in [-0.2, 0) is 4.79 Å². The lowest BCUT2D eigenvalue weighted by Crippen LogP contribution is -2.32. The molecule has 1 N–H and O–H groups in total. The number of hydrogen-bond donors (Lipinski definition) is 1. The number of carbonyl (C=O) groups excluding carboxylic acids is 2. The van der Waals surface area contributed by atoms with E-state index in [0.29, 0.717) is 22.8 Å². The van der Waals surface area contributed by atoms with Crippen LogP contribution in [0.4, 0.5) is 4.79 Å². The second kappa shape index (κ2) is 9.52. The summed E-state index contributed by atoms with van der Waals surface area (Å²) in [6.45, 7) is 0.307. The van der Waals surface area contributed by atoms with Gasteiger partial charge in [0.05, 0.1) is 17.0 Å². The number of fused-ring (bicyclic) bond motifs is 1. The molecular formula is C27H19NO6S. The molecule has 1 aliphatic rings. The average Bonchev–Trinajstić information content (AvgIpc) is 3.44. The fraction of sp³-hybridized carbons (Fsp3) is 0.0741. The lowest BCUT2D eigenvalue weighted by Gasteiger charge is -2.14. The van der Waals surface area contributed by atoms with E-state index in [1.54, 1.807) is 24.3 Å². The highest BCUT2D eigenvalue weighted by Gasteiger charge is 2.35. The SMILES string of the molecule is O=C(O)c1ccc(-c2ccc(/C=C3\SC(=O)N(CCOc4cccc5ccccc45)C3=O)o2)cc1. The summed E-state index contributed by atoms with van der Waals surface area (Å²) in [6, 6.07) is 23.3. The molecule has 3 aromatic carbocycles. The smallest absolute Gasteiger partial charge is 0.335 e. The van der Waals surface area contributed by atoms with Gasteiger partial charge in [-0.1, -0.05) is 48.5 Å². The highest BCUT2D eigenvalue weighted by molar-refractivity contribution is 8.18. The largest absolute Gasteiger partial charge is 0.491 e. The number of carboxylic acids is 1. The van der Waals surface area contributed by atoms with Crippen molar-refractivity contribution in [3.63, 3.8) is 0 Å². The molecule has 0 unspecified atom stereocenters. The van der Waals surface area contributed by atoms with Crippen molar-refractivity contribution in [2.75, 3.05) is 13.2 Å². The molecule has 8 heteroatoms. The monoisotopic (exact) mass is 485 g/mol. The van der Waals surface area contributed by atoms with Gasteiger partial charge in [0.15, 0.2) is 0 Å². The minimum absolute atomic E-state index is 0.130. The summed E-state index contributed by atoms with van der Waals surface area (Å²) in [5.41, 5.74) is 0.881. The normalized spacial score (nSPS) is 14.7. The lowest BCUT2D eigenvalue weighted by atomic mass is 10.1. The number of nitrogens with zero attached hydrogens (tertiary/aromatic N) is 1. The zero-order valence-corrected chi connectivity index (χ0v) is 19.2. The quantitative estimate of drug-likeness (QED) is 0.325. The Bertz CT molecular complexity index is 1470. The number of ether oxygens (including phenoxy) is 1. The van der Waals surface area contributed by atoms with Gasteiger partial charge in [-0.15, -0.1) is 0 Å². The van der Waals surface area contributed by atoms with Crippen molar-refractivity contribution in [3.8, 4) is 17.1 Å². The number of thioether (sulfide) groups is 1. The molecule has 4 aromatic rings. The summed E-state index contributed by atoms with van der Waals surface area (Å²) < 4.78 is 11.7. The summed E-state index contributed by atoms with van der Waals surface area (Å²) in [5, 5.41) is 10.7. The first-order valence-corrected chi connectivity index (χ1v) is 11.6. The maximum Gasteiger partial charge on any atom is 0.335 e. The molecule has 0 spiro atoms. The molecule has 35 heavy (non-hydrogen) atoms. The Kier molecular flexibility index (Phi) is 6.12. The van der Waals surface area contributed by atoms with Crippen molar-refractivity contribution < 1.29 is 28.6 Å². The van der Waals surface area contributed by atoms with Gasteiger partial charge in [0, 0.05) is 17.0 Å². The predicted molar refractivity (Wildman–Crippen MR) is 133 cm³/mol. The number of benzene rings is 3. The second-order valence-corrected chi connectivity index (χ2v) is 8.74. The number of hydrogen-bond acceptors (Lipinski definition) is 6.